The van der Waals surface area contributed by atoms with Gasteiger partial charge in [-0.25, -0.2) is 0 Å². The molecule has 1 fully saturated rings. The first-order chi connectivity index (χ1) is 12.5. The number of nitrogens with two attached hydrogens (primary N) is 1. The van der Waals surface area contributed by atoms with Crippen LogP contribution < -0.4 is 20.5 Å². The Morgan fingerprint density at radius 2 is 2.08 bits per heavy atom. The van der Waals surface area contributed by atoms with Crippen molar-refractivity contribution in [3.63, 3.8) is 0 Å². The highest BCUT2D eigenvalue weighted by Gasteiger charge is 2.28. The Kier molecular flexibility index (Phi) is 6.13. The zero-order valence-electron chi connectivity index (χ0n) is 15.3. The molecule has 0 bridgehead atoms. The van der Waals surface area contributed by atoms with Crippen LogP contribution in [-0.4, -0.2) is 50.5 Å². The largest absolute Gasteiger partial charge is 0.491 e. The van der Waals surface area contributed by atoms with Crippen LogP contribution >= 0.6 is 0 Å². The monoisotopic (exact) mass is 361 g/mol. The van der Waals surface area contributed by atoms with Crippen LogP contribution in [0.25, 0.3) is 0 Å². The quantitative estimate of drug-likeness (QED) is 0.687. The minimum Gasteiger partial charge on any atom is -0.491 e. The van der Waals surface area contributed by atoms with Crippen molar-refractivity contribution >= 4 is 6.34 Å². The van der Waals surface area contributed by atoms with Gasteiger partial charge in [0.25, 0.3) is 0 Å². The molecule has 2 aliphatic rings. The third kappa shape index (κ3) is 4.97. The van der Waals surface area contributed by atoms with Crippen molar-refractivity contribution in [3.8, 4) is 11.5 Å². The summed E-state index contributed by atoms with van der Waals surface area (Å²) in [4.78, 5) is 4.38. The van der Waals surface area contributed by atoms with Gasteiger partial charge in [-0.15, -0.1) is 0 Å². The van der Waals surface area contributed by atoms with E-state index in [4.69, 9.17) is 24.7 Å². The van der Waals surface area contributed by atoms with Crippen LogP contribution in [0, 0.1) is 0 Å². The lowest BCUT2D eigenvalue weighted by Gasteiger charge is -2.29. The normalized spacial score (nSPS) is 26.1. The van der Waals surface area contributed by atoms with Crippen LogP contribution in [0.5, 0.6) is 11.5 Å². The SMILES string of the molecule is C[C@@H](N)C1(C)C=C(Oc2ccc(OCCOC3CCOC3)cc2)NC=N1. The number of nitrogens with zero attached hydrogens (tertiary/aromatic N) is 1. The number of rotatable bonds is 8. The summed E-state index contributed by atoms with van der Waals surface area (Å²) in [7, 11) is 0. The molecule has 3 rings (SSSR count). The molecule has 3 atom stereocenters. The molecule has 0 aromatic heterocycles. The summed E-state index contributed by atoms with van der Waals surface area (Å²) < 4.78 is 22.5. The third-order valence-corrected chi connectivity index (χ3v) is 4.54. The summed E-state index contributed by atoms with van der Waals surface area (Å²) >= 11 is 0. The first kappa shape index (κ1) is 18.7. The van der Waals surface area contributed by atoms with E-state index in [2.05, 4.69) is 10.3 Å². The smallest absolute Gasteiger partial charge is 0.196 e. The Morgan fingerprint density at radius 1 is 1.31 bits per heavy atom. The highest BCUT2D eigenvalue weighted by molar-refractivity contribution is 5.60. The van der Waals surface area contributed by atoms with Gasteiger partial charge in [-0.1, -0.05) is 0 Å². The molecule has 3 N–H and O–H groups in total. The van der Waals surface area contributed by atoms with E-state index >= 15 is 0 Å². The first-order valence-electron chi connectivity index (χ1n) is 8.94. The maximum Gasteiger partial charge on any atom is 0.196 e. The molecule has 2 aliphatic heterocycles. The van der Waals surface area contributed by atoms with E-state index in [9.17, 15) is 0 Å². The molecule has 1 aromatic carbocycles. The minimum absolute atomic E-state index is 0.117. The Balaban J connectivity index is 1.46. The van der Waals surface area contributed by atoms with E-state index in [1.54, 1.807) is 6.34 Å². The van der Waals surface area contributed by atoms with Gasteiger partial charge in [0, 0.05) is 18.7 Å². The lowest BCUT2D eigenvalue weighted by atomic mass is 9.94. The molecule has 1 saturated heterocycles. The van der Waals surface area contributed by atoms with Gasteiger partial charge < -0.3 is 30.0 Å². The van der Waals surface area contributed by atoms with Crippen molar-refractivity contribution in [2.45, 2.75) is 38.0 Å². The number of nitrogens with one attached hydrogen (secondary N) is 1. The lowest BCUT2D eigenvalue weighted by Crippen LogP contribution is -2.44. The van der Waals surface area contributed by atoms with Crippen molar-refractivity contribution in [3.05, 3.63) is 36.2 Å². The fraction of sp³-hybridized carbons (Fsp3) is 0.526. The van der Waals surface area contributed by atoms with Crippen molar-refractivity contribution in [1.29, 1.82) is 0 Å². The molecule has 2 heterocycles. The maximum atomic E-state index is 6.00. The molecule has 0 saturated carbocycles. The molecule has 0 radical (unpaired) electrons. The fourth-order valence-electron chi connectivity index (χ4n) is 2.64. The predicted octanol–water partition coefficient (Wildman–Crippen LogP) is 1.83. The van der Waals surface area contributed by atoms with Gasteiger partial charge >= 0.3 is 0 Å². The van der Waals surface area contributed by atoms with Crippen molar-refractivity contribution in [2.75, 3.05) is 26.4 Å². The lowest BCUT2D eigenvalue weighted by molar-refractivity contribution is 0.0265. The highest BCUT2D eigenvalue weighted by atomic mass is 16.6. The molecule has 2 unspecified atom stereocenters. The molecular formula is C19H27N3O4. The second-order valence-corrected chi connectivity index (χ2v) is 6.70. The fourth-order valence-corrected chi connectivity index (χ4v) is 2.64. The van der Waals surface area contributed by atoms with Crippen molar-refractivity contribution in [1.82, 2.24) is 5.32 Å². The van der Waals surface area contributed by atoms with Crippen molar-refractivity contribution < 1.29 is 18.9 Å². The summed E-state index contributed by atoms with van der Waals surface area (Å²) in [5, 5.41) is 2.99. The van der Waals surface area contributed by atoms with Crippen LogP contribution in [0.15, 0.2) is 41.2 Å². The number of ether oxygens (including phenoxy) is 4. The average Bonchev–Trinajstić information content (AvgIpc) is 3.14. The van der Waals surface area contributed by atoms with Gasteiger partial charge in [0.1, 0.15) is 18.1 Å². The molecule has 1 aromatic rings. The van der Waals surface area contributed by atoms with Crippen LogP contribution in [0.1, 0.15) is 20.3 Å². The van der Waals surface area contributed by atoms with Gasteiger partial charge in [0.05, 0.1) is 31.2 Å². The molecule has 7 heteroatoms. The van der Waals surface area contributed by atoms with E-state index in [1.165, 1.54) is 0 Å². The second kappa shape index (κ2) is 8.53. The molecule has 7 nitrogen and oxygen atoms in total. The Labute approximate surface area is 154 Å². The Hall–Kier alpha value is -2.09. The second-order valence-electron chi connectivity index (χ2n) is 6.70. The summed E-state index contributed by atoms with van der Waals surface area (Å²) in [6.07, 6.45) is 4.68. The van der Waals surface area contributed by atoms with Gasteiger partial charge in [0.15, 0.2) is 5.88 Å². The number of benzene rings is 1. The predicted molar refractivity (Wildman–Crippen MR) is 99.5 cm³/mol. The van der Waals surface area contributed by atoms with Gasteiger partial charge in [-0.2, -0.15) is 0 Å². The Bertz CT molecular complexity index is 639. The summed E-state index contributed by atoms with van der Waals surface area (Å²) in [5.74, 6) is 2.09. The zero-order chi connectivity index (χ0) is 18.4. The van der Waals surface area contributed by atoms with Gasteiger partial charge in [0.2, 0.25) is 0 Å². The molecule has 0 spiro atoms. The Morgan fingerprint density at radius 3 is 2.77 bits per heavy atom. The molecule has 0 amide bonds. The third-order valence-electron chi connectivity index (χ3n) is 4.54. The minimum atomic E-state index is -0.478. The topological polar surface area (TPSA) is 87.3 Å². The summed E-state index contributed by atoms with van der Waals surface area (Å²) in [6.45, 7) is 6.42. The highest BCUT2D eigenvalue weighted by Crippen LogP contribution is 2.23. The summed E-state index contributed by atoms with van der Waals surface area (Å²) in [5.41, 5.74) is 5.52. The molecular weight excluding hydrogens is 334 g/mol. The standard InChI is InChI=1S/C19H27N3O4/c1-14(20)19(2)11-18(21-13-22-19)26-16-5-3-15(4-6-16)24-9-10-25-17-7-8-23-12-17/h3-6,11,13-14,17H,7-10,12,20H2,1-2H3,(H,21,22)/t14-,17?,19?/m1/s1. The van der Waals surface area contributed by atoms with E-state index in [0.717, 1.165) is 18.8 Å². The van der Waals surface area contributed by atoms with Crippen LogP contribution in [0.4, 0.5) is 0 Å². The van der Waals surface area contributed by atoms with E-state index in [0.29, 0.717) is 31.5 Å². The van der Waals surface area contributed by atoms with Crippen LogP contribution in [-0.2, 0) is 9.47 Å². The van der Waals surface area contributed by atoms with Crippen LogP contribution in [0.2, 0.25) is 0 Å². The first-order valence-corrected chi connectivity index (χ1v) is 8.94. The number of aliphatic imine (C=N–C) groups is 1. The van der Waals surface area contributed by atoms with Gasteiger partial charge in [-0.3, -0.25) is 4.99 Å². The van der Waals surface area contributed by atoms with Gasteiger partial charge in [-0.05, 0) is 44.5 Å². The average molecular weight is 361 g/mol. The molecule has 142 valence electrons. The maximum absolute atomic E-state index is 6.00. The number of hydrogen-bond acceptors (Lipinski definition) is 7. The molecule has 0 aliphatic carbocycles. The van der Waals surface area contributed by atoms with Crippen LogP contribution in [0.3, 0.4) is 0 Å². The van der Waals surface area contributed by atoms with Crippen molar-refractivity contribution in [2.24, 2.45) is 10.7 Å². The van der Waals surface area contributed by atoms with E-state index in [-0.39, 0.29) is 12.1 Å². The van der Waals surface area contributed by atoms with E-state index < -0.39 is 5.54 Å². The summed E-state index contributed by atoms with van der Waals surface area (Å²) in [6, 6.07) is 7.34. The zero-order valence-corrected chi connectivity index (χ0v) is 15.3. The molecule has 26 heavy (non-hydrogen) atoms. The number of hydrogen-bond donors (Lipinski definition) is 2. The van der Waals surface area contributed by atoms with E-state index in [1.807, 2.05) is 44.2 Å².